The third-order valence-electron chi connectivity index (χ3n) is 2.88. The van der Waals surface area contributed by atoms with Crippen LogP contribution in [0.1, 0.15) is 19.8 Å². The molecule has 1 aliphatic rings. The lowest BCUT2D eigenvalue weighted by Gasteiger charge is -2.23. The first-order valence-corrected chi connectivity index (χ1v) is 6.32. The predicted octanol–water partition coefficient (Wildman–Crippen LogP) is 0.952. The molecule has 7 nitrogen and oxygen atoms in total. The standard InChI is InChI=1S/C12H18N4O3/c1-8(11(17)18)14-12-13-5-4-10(16-12)15-9-3-2-6-19-7-9/h4-5,8-9H,2-3,6-7H2,1H3,(H,17,18)(H2,13,14,15,16). The van der Waals surface area contributed by atoms with Crippen LogP contribution in [0.25, 0.3) is 0 Å². The number of hydrogen-bond acceptors (Lipinski definition) is 6. The highest BCUT2D eigenvalue weighted by molar-refractivity contribution is 5.75. The first kappa shape index (κ1) is 13.5. The van der Waals surface area contributed by atoms with Crippen LogP contribution >= 0.6 is 0 Å². The lowest BCUT2D eigenvalue weighted by Crippen LogP contribution is -2.30. The van der Waals surface area contributed by atoms with E-state index < -0.39 is 12.0 Å². The van der Waals surface area contributed by atoms with Crippen LogP contribution in [0.5, 0.6) is 0 Å². The van der Waals surface area contributed by atoms with Crippen molar-refractivity contribution in [1.29, 1.82) is 0 Å². The van der Waals surface area contributed by atoms with Crippen LogP contribution < -0.4 is 10.6 Å². The van der Waals surface area contributed by atoms with Crippen molar-refractivity contribution >= 4 is 17.7 Å². The van der Waals surface area contributed by atoms with Gasteiger partial charge in [0.25, 0.3) is 0 Å². The van der Waals surface area contributed by atoms with E-state index in [1.54, 1.807) is 19.2 Å². The number of aliphatic carboxylic acids is 1. The Morgan fingerprint density at radius 2 is 2.47 bits per heavy atom. The van der Waals surface area contributed by atoms with Gasteiger partial charge in [0.05, 0.1) is 12.6 Å². The normalized spacial score (nSPS) is 20.6. The molecule has 19 heavy (non-hydrogen) atoms. The zero-order chi connectivity index (χ0) is 13.7. The first-order valence-electron chi connectivity index (χ1n) is 6.32. The molecule has 0 bridgehead atoms. The number of hydrogen-bond donors (Lipinski definition) is 3. The Morgan fingerprint density at radius 1 is 1.63 bits per heavy atom. The van der Waals surface area contributed by atoms with Gasteiger partial charge in [0.1, 0.15) is 11.9 Å². The predicted molar refractivity (Wildman–Crippen MR) is 70.2 cm³/mol. The van der Waals surface area contributed by atoms with Gasteiger partial charge in [0.15, 0.2) is 0 Å². The maximum atomic E-state index is 10.8. The highest BCUT2D eigenvalue weighted by atomic mass is 16.5. The fourth-order valence-corrected chi connectivity index (χ4v) is 1.83. The summed E-state index contributed by atoms with van der Waals surface area (Å²) in [7, 11) is 0. The van der Waals surface area contributed by atoms with Crippen LogP contribution in [-0.2, 0) is 9.53 Å². The Morgan fingerprint density at radius 3 is 3.16 bits per heavy atom. The van der Waals surface area contributed by atoms with Gasteiger partial charge in [-0.1, -0.05) is 0 Å². The summed E-state index contributed by atoms with van der Waals surface area (Å²) in [6, 6.07) is 1.27. The smallest absolute Gasteiger partial charge is 0.325 e. The van der Waals surface area contributed by atoms with E-state index in [1.165, 1.54) is 0 Å². The fraction of sp³-hybridized carbons (Fsp3) is 0.583. The topological polar surface area (TPSA) is 96.4 Å². The number of anilines is 2. The number of ether oxygens (including phenoxy) is 1. The van der Waals surface area contributed by atoms with E-state index in [2.05, 4.69) is 20.6 Å². The van der Waals surface area contributed by atoms with Crippen LogP contribution in [0.2, 0.25) is 0 Å². The van der Waals surface area contributed by atoms with E-state index >= 15 is 0 Å². The average molecular weight is 266 g/mol. The molecule has 2 unspecified atom stereocenters. The molecule has 2 heterocycles. The van der Waals surface area contributed by atoms with Gasteiger partial charge in [-0.15, -0.1) is 0 Å². The van der Waals surface area contributed by atoms with Crippen molar-refractivity contribution in [1.82, 2.24) is 9.97 Å². The Hall–Kier alpha value is -1.89. The maximum Gasteiger partial charge on any atom is 0.325 e. The van der Waals surface area contributed by atoms with Gasteiger partial charge in [-0.05, 0) is 25.8 Å². The van der Waals surface area contributed by atoms with E-state index in [0.717, 1.165) is 19.4 Å². The van der Waals surface area contributed by atoms with Crippen LogP contribution in [-0.4, -0.2) is 46.3 Å². The van der Waals surface area contributed by atoms with E-state index in [-0.39, 0.29) is 6.04 Å². The Balaban J connectivity index is 1.96. The van der Waals surface area contributed by atoms with Crippen molar-refractivity contribution in [2.75, 3.05) is 23.8 Å². The number of nitrogens with one attached hydrogen (secondary N) is 2. The molecule has 7 heteroatoms. The molecule has 2 rings (SSSR count). The average Bonchev–Trinajstić information content (AvgIpc) is 2.40. The van der Waals surface area contributed by atoms with Gasteiger partial charge < -0.3 is 20.5 Å². The number of carbonyl (C=O) groups is 1. The molecule has 0 radical (unpaired) electrons. The summed E-state index contributed by atoms with van der Waals surface area (Å²) in [5, 5.41) is 14.8. The summed E-state index contributed by atoms with van der Waals surface area (Å²) >= 11 is 0. The van der Waals surface area contributed by atoms with Gasteiger partial charge in [-0.25, -0.2) is 4.98 Å². The zero-order valence-electron chi connectivity index (χ0n) is 10.8. The van der Waals surface area contributed by atoms with Gasteiger partial charge in [-0.3, -0.25) is 4.79 Å². The minimum atomic E-state index is -0.942. The van der Waals surface area contributed by atoms with Crippen molar-refractivity contribution in [3.63, 3.8) is 0 Å². The van der Waals surface area contributed by atoms with Gasteiger partial charge in [0.2, 0.25) is 5.95 Å². The third-order valence-corrected chi connectivity index (χ3v) is 2.88. The summed E-state index contributed by atoms with van der Waals surface area (Å²) in [6.45, 7) is 3.02. The molecule has 0 spiro atoms. The summed E-state index contributed by atoms with van der Waals surface area (Å²) < 4.78 is 5.38. The molecule has 0 aromatic carbocycles. The molecule has 1 aromatic heterocycles. The summed E-state index contributed by atoms with van der Waals surface area (Å²) in [4.78, 5) is 19.0. The van der Waals surface area contributed by atoms with Crippen LogP contribution in [0, 0.1) is 0 Å². The molecule has 1 aliphatic heterocycles. The summed E-state index contributed by atoms with van der Waals surface area (Å²) in [6.07, 6.45) is 3.66. The first-order chi connectivity index (χ1) is 9.15. The molecule has 2 atom stereocenters. The lowest BCUT2D eigenvalue weighted by molar-refractivity contribution is -0.137. The minimum Gasteiger partial charge on any atom is -0.480 e. The molecular formula is C12H18N4O3. The lowest BCUT2D eigenvalue weighted by atomic mass is 10.1. The molecule has 0 aliphatic carbocycles. The summed E-state index contributed by atoms with van der Waals surface area (Å²) in [5.41, 5.74) is 0. The molecule has 0 saturated carbocycles. The molecule has 0 amide bonds. The van der Waals surface area contributed by atoms with Crippen molar-refractivity contribution in [3.05, 3.63) is 12.3 Å². The number of carboxylic acid groups (broad SMARTS) is 1. The molecule has 104 valence electrons. The monoisotopic (exact) mass is 266 g/mol. The quantitative estimate of drug-likeness (QED) is 0.730. The van der Waals surface area contributed by atoms with Crippen molar-refractivity contribution < 1.29 is 14.6 Å². The highest BCUT2D eigenvalue weighted by Crippen LogP contribution is 2.13. The van der Waals surface area contributed by atoms with Gasteiger partial charge in [-0.2, -0.15) is 4.98 Å². The van der Waals surface area contributed by atoms with E-state index in [9.17, 15) is 4.79 Å². The minimum absolute atomic E-state index is 0.244. The second-order valence-electron chi connectivity index (χ2n) is 4.53. The fourth-order valence-electron chi connectivity index (χ4n) is 1.83. The number of carboxylic acids is 1. The Kier molecular flexibility index (Phi) is 4.51. The van der Waals surface area contributed by atoms with E-state index in [1.807, 2.05) is 0 Å². The second-order valence-corrected chi connectivity index (χ2v) is 4.53. The summed E-state index contributed by atoms with van der Waals surface area (Å²) in [5.74, 6) is 0.0323. The number of rotatable bonds is 5. The number of nitrogens with zero attached hydrogens (tertiary/aromatic N) is 2. The third kappa shape index (κ3) is 4.06. The zero-order valence-corrected chi connectivity index (χ0v) is 10.8. The molecule has 3 N–H and O–H groups in total. The second kappa shape index (κ2) is 6.33. The van der Waals surface area contributed by atoms with Crippen LogP contribution in [0.3, 0.4) is 0 Å². The van der Waals surface area contributed by atoms with Crippen LogP contribution in [0.4, 0.5) is 11.8 Å². The molecule has 1 saturated heterocycles. The SMILES string of the molecule is CC(Nc1nccc(NC2CCCOC2)n1)C(=O)O. The highest BCUT2D eigenvalue weighted by Gasteiger charge is 2.15. The largest absolute Gasteiger partial charge is 0.480 e. The van der Waals surface area contributed by atoms with E-state index in [0.29, 0.717) is 18.4 Å². The van der Waals surface area contributed by atoms with Crippen molar-refractivity contribution in [2.24, 2.45) is 0 Å². The van der Waals surface area contributed by atoms with E-state index in [4.69, 9.17) is 9.84 Å². The molecule has 1 fully saturated rings. The van der Waals surface area contributed by atoms with Crippen molar-refractivity contribution in [3.8, 4) is 0 Å². The maximum absolute atomic E-state index is 10.8. The Bertz CT molecular complexity index is 435. The van der Waals surface area contributed by atoms with Crippen molar-refractivity contribution in [2.45, 2.75) is 31.8 Å². The number of aromatic nitrogens is 2. The van der Waals surface area contributed by atoms with Crippen LogP contribution in [0.15, 0.2) is 12.3 Å². The van der Waals surface area contributed by atoms with Gasteiger partial charge >= 0.3 is 5.97 Å². The van der Waals surface area contributed by atoms with Gasteiger partial charge in [0, 0.05) is 12.8 Å². The molecular weight excluding hydrogens is 248 g/mol. The molecule has 1 aromatic rings. The Labute approximate surface area is 111 Å².